The van der Waals surface area contributed by atoms with Crippen LogP contribution in [-0.2, 0) is 0 Å². The molecule has 0 N–H and O–H groups in total. The Morgan fingerprint density at radius 3 is 1.51 bits per heavy atom. The predicted octanol–water partition coefficient (Wildman–Crippen LogP) is 13.5. The first-order chi connectivity index (χ1) is 24.3. The van der Waals surface area contributed by atoms with E-state index in [2.05, 4.69) is 133 Å². The Labute approximate surface area is 280 Å². The molecular weight excluding hydrogens is 601 g/mol. The van der Waals surface area contributed by atoms with Crippen LogP contribution < -0.4 is 0 Å². The molecule has 49 heavy (non-hydrogen) atoms. The minimum atomic E-state index is 0.848. The van der Waals surface area contributed by atoms with E-state index in [1.54, 1.807) is 0 Å². The smallest absolute Gasteiger partial charge is 0.136 e. The van der Waals surface area contributed by atoms with Gasteiger partial charge in [-0.3, -0.25) is 0 Å². The number of hydrogen-bond acceptors (Lipinski definition) is 3. The Balaban J connectivity index is 1.14. The molecule has 3 aromatic heterocycles. The van der Waals surface area contributed by atoms with Crippen molar-refractivity contribution in [1.82, 2.24) is 0 Å². The summed E-state index contributed by atoms with van der Waals surface area (Å²) in [5.74, 6) is 0. The molecule has 0 unspecified atom stereocenters. The lowest BCUT2D eigenvalue weighted by molar-refractivity contribution is 0.617. The third-order valence-corrected chi connectivity index (χ3v) is 10.1. The molecule has 0 aliphatic rings. The Morgan fingerprint density at radius 2 is 0.796 bits per heavy atom. The van der Waals surface area contributed by atoms with Crippen LogP contribution in [0.3, 0.4) is 0 Å². The molecule has 8 aromatic carbocycles. The second-order valence-corrected chi connectivity index (χ2v) is 12.8. The molecule has 0 saturated carbocycles. The van der Waals surface area contributed by atoms with Crippen LogP contribution in [0.25, 0.3) is 110 Å². The summed E-state index contributed by atoms with van der Waals surface area (Å²) >= 11 is 0. The first kappa shape index (κ1) is 26.5. The van der Waals surface area contributed by atoms with Gasteiger partial charge in [0.25, 0.3) is 0 Å². The number of para-hydroxylation sites is 1. The average Bonchev–Trinajstić information content (AvgIpc) is 3.85. The first-order valence-corrected chi connectivity index (χ1v) is 16.6. The van der Waals surface area contributed by atoms with Gasteiger partial charge in [-0.25, -0.2) is 0 Å². The molecule has 0 spiro atoms. The van der Waals surface area contributed by atoms with Crippen LogP contribution in [0, 0.1) is 0 Å². The van der Waals surface area contributed by atoms with Crippen LogP contribution in [0.1, 0.15) is 0 Å². The number of fused-ring (bicyclic) bond motifs is 9. The zero-order valence-corrected chi connectivity index (χ0v) is 26.2. The van der Waals surface area contributed by atoms with E-state index in [-0.39, 0.29) is 0 Å². The third kappa shape index (κ3) is 3.84. The molecule has 0 bridgehead atoms. The maximum absolute atomic E-state index is 6.47. The van der Waals surface area contributed by atoms with Gasteiger partial charge in [0.05, 0.1) is 6.26 Å². The lowest BCUT2D eigenvalue weighted by Crippen LogP contribution is -1.90. The summed E-state index contributed by atoms with van der Waals surface area (Å²) in [5, 5.41) is 10.2. The van der Waals surface area contributed by atoms with Gasteiger partial charge in [0.1, 0.15) is 27.9 Å². The highest BCUT2D eigenvalue weighted by molar-refractivity contribution is 6.23. The van der Waals surface area contributed by atoms with Gasteiger partial charge < -0.3 is 13.3 Å². The second-order valence-electron chi connectivity index (χ2n) is 12.8. The SMILES string of the molecule is c1ccc(-c2coc3cc4c(cc23)oc2ccc(-c3c5ccccc5c(-c5ccc6c(c5)oc5ccccc56)c5ccccc35)cc24)cc1. The summed E-state index contributed by atoms with van der Waals surface area (Å²) < 4.78 is 18.9. The Kier molecular flexibility index (Phi) is 5.38. The molecule has 228 valence electrons. The molecule has 11 rings (SSSR count). The van der Waals surface area contributed by atoms with E-state index in [1.807, 2.05) is 24.5 Å². The number of rotatable bonds is 3. The number of hydrogen-bond donors (Lipinski definition) is 0. The van der Waals surface area contributed by atoms with Crippen molar-refractivity contribution in [2.45, 2.75) is 0 Å². The minimum Gasteiger partial charge on any atom is -0.464 e. The lowest BCUT2D eigenvalue weighted by atomic mass is 9.85. The monoisotopic (exact) mass is 626 g/mol. The highest BCUT2D eigenvalue weighted by Gasteiger charge is 2.20. The van der Waals surface area contributed by atoms with E-state index in [1.165, 1.54) is 32.7 Å². The normalized spacial score (nSPS) is 12.1. The van der Waals surface area contributed by atoms with Gasteiger partial charge in [-0.2, -0.15) is 0 Å². The summed E-state index contributed by atoms with van der Waals surface area (Å²) in [4.78, 5) is 0. The summed E-state index contributed by atoms with van der Waals surface area (Å²) in [6, 6.07) is 53.6. The van der Waals surface area contributed by atoms with Gasteiger partial charge in [-0.05, 0) is 91.8 Å². The third-order valence-electron chi connectivity index (χ3n) is 10.1. The van der Waals surface area contributed by atoms with Crippen LogP contribution in [0.15, 0.2) is 171 Å². The van der Waals surface area contributed by atoms with Gasteiger partial charge in [0.15, 0.2) is 0 Å². The van der Waals surface area contributed by atoms with Gasteiger partial charge in [-0.1, -0.05) is 109 Å². The van der Waals surface area contributed by atoms with Crippen molar-refractivity contribution >= 4 is 76.4 Å². The molecule has 0 radical (unpaired) electrons. The van der Waals surface area contributed by atoms with Crippen molar-refractivity contribution in [2.24, 2.45) is 0 Å². The zero-order chi connectivity index (χ0) is 32.1. The second kappa shape index (κ2) is 9.96. The van der Waals surface area contributed by atoms with Crippen LogP contribution in [0.5, 0.6) is 0 Å². The molecule has 3 nitrogen and oxygen atoms in total. The highest BCUT2D eigenvalue weighted by atomic mass is 16.3. The van der Waals surface area contributed by atoms with Crippen molar-refractivity contribution in [2.75, 3.05) is 0 Å². The topological polar surface area (TPSA) is 39.4 Å². The molecular formula is C46H26O3. The van der Waals surface area contributed by atoms with Crippen molar-refractivity contribution in [3.05, 3.63) is 158 Å². The van der Waals surface area contributed by atoms with Crippen LogP contribution >= 0.6 is 0 Å². The van der Waals surface area contributed by atoms with E-state index in [0.29, 0.717) is 0 Å². The maximum atomic E-state index is 6.47. The van der Waals surface area contributed by atoms with E-state index < -0.39 is 0 Å². The molecule has 0 atom stereocenters. The minimum absolute atomic E-state index is 0.848. The Bertz CT molecular complexity index is 3040. The lowest BCUT2D eigenvalue weighted by Gasteiger charge is -2.17. The average molecular weight is 627 g/mol. The van der Waals surface area contributed by atoms with Gasteiger partial charge in [0, 0.05) is 32.5 Å². The number of furan rings is 3. The van der Waals surface area contributed by atoms with Gasteiger partial charge in [0.2, 0.25) is 0 Å². The summed E-state index contributed by atoms with van der Waals surface area (Å²) in [7, 11) is 0. The molecule has 0 aliphatic carbocycles. The largest absolute Gasteiger partial charge is 0.464 e. The summed E-state index contributed by atoms with van der Waals surface area (Å²) in [5.41, 5.74) is 11.3. The highest BCUT2D eigenvalue weighted by Crippen LogP contribution is 2.46. The Morgan fingerprint density at radius 1 is 0.286 bits per heavy atom. The van der Waals surface area contributed by atoms with E-state index in [4.69, 9.17) is 13.3 Å². The van der Waals surface area contributed by atoms with E-state index in [9.17, 15) is 0 Å². The fraction of sp³-hybridized carbons (Fsp3) is 0. The molecule has 3 heteroatoms. The zero-order valence-electron chi connectivity index (χ0n) is 26.2. The van der Waals surface area contributed by atoms with Crippen molar-refractivity contribution in [3.63, 3.8) is 0 Å². The molecule has 0 saturated heterocycles. The van der Waals surface area contributed by atoms with Crippen molar-refractivity contribution in [1.29, 1.82) is 0 Å². The number of benzene rings is 8. The Hall–Kier alpha value is -6.58. The molecule has 0 aliphatic heterocycles. The van der Waals surface area contributed by atoms with Crippen molar-refractivity contribution < 1.29 is 13.3 Å². The molecule has 3 heterocycles. The van der Waals surface area contributed by atoms with Crippen LogP contribution in [0.4, 0.5) is 0 Å². The van der Waals surface area contributed by atoms with E-state index in [0.717, 1.165) is 77.1 Å². The molecule has 11 aromatic rings. The van der Waals surface area contributed by atoms with E-state index >= 15 is 0 Å². The predicted molar refractivity (Wildman–Crippen MR) is 202 cm³/mol. The fourth-order valence-corrected chi connectivity index (χ4v) is 7.93. The summed E-state index contributed by atoms with van der Waals surface area (Å²) in [6.45, 7) is 0. The fourth-order valence-electron chi connectivity index (χ4n) is 7.93. The molecule has 0 amide bonds. The molecule has 0 fully saturated rings. The maximum Gasteiger partial charge on any atom is 0.136 e. The standard InChI is InChI=1S/C46H26O3/c1-2-10-27(11-3-1)39-26-47-42-24-37-36-22-28(19-21-41(36)49-44(37)25-38(39)42)45-32-13-4-6-15-34(32)46(35-16-7-5-14-33(35)45)29-18-20-31-30-12-8-9-17-40(30)48-43(31)23-29/h1-26H. The van der Waals surface area contributed by atoms with Crippen LogP contribution in [-0.4, -0.2) is 0 Å². The van der Waals surface area contributed by atoms with Gasteiger partial charge in [-0.15, -0.1) is 0 Å². The summed E-state index contributed by atoms with van der Waals surface area (Å²) in [6.07, 6.45) is 1.85. The van der Waals surface area contributed by atoms with Gasteiger partial charge >= 0.3 is 0 Å². The van der Waals surface area contributed by atoms with Crippen molar-refractivity contribution in [3.8, 4) is 33.4 Å². The quantitative estimate of drug-likeness (QED) is 0.183. The first-order valence-electron chi connectivity index (χ1n) is 16.6. The van der Waals surface area contributed by atoms with Crippen LogP contribution in [0.2, 0.25) is 0 Å².